The monoisotopic (exact) mass is 237 g/mol. The van der Waals surface area contributed by atoms with Gasteiger partial charge in [-0.3, -0.25) is 0 Å². The molecule has 0 amide bonds. The van der Waals surface area contributed by atoms with E-state index in [2.05, 4.69) is 18.8 Å². The van der Waals surface area contributed by atoms with Crippen molar-refractivity contribution >= 4 is 17.1 Å². The van der Waals surface area contributed by atoms with Gasteiger partial charge in [0.25, 0.3) is 0 Å². The van der Waals surface area contributed by atoms with Gasteiger partial charge in [-0.15, -0.1) is 0 Å². The normalized spacial score (nSPS) is 13.6. The smallest absolute Gasteiger partial charge is 0.116 e. The molecule has 0 aliphatic carbocycles. The number of halogens is 1. The zero-order chi connectivity index (χ0) is 11.9. The van der Waals surface area contributed by atoms with E-state index in [9.17, 15) is 0 Å². The molecule has 2 heterocycles. The first-order valence-corrected chi connectivity index (χ1v) is 5.81. The van der Waals surface area contributed by atoms with Crippen molar-refractivity contribution in [3.05, 3.63) is 34.9 Å². The van der Waals surface area contributed by atoms with E-state index in [1.807, 2.05) is 29.7 Å². The highest BCUT2D eigenvalue weighted by atomic mass is 35.5. The Labute approximate surface area is 100 Å². The van der Waals surface area contributed by atoms with Crippen molar-refractivity contribution in [3.8, 4) is 0 Å². The van der Waals surface area contributed by atoms with Crippen LogP contribution in [0.2, 0.25) is 5.02 Å². The molecule has 4 heteroatoms. The molecule has 16 heavy (non-hydrogen) atoms. The predicted octanol–water partition coefficient (Wildman–Crippen LogP) is 3.13. The van der Waals surface area contributed by atoms with E-state index >= 15 is 0 Å². The summed E-state index contributed by atoms with van der Waals surface area (Å²) >= 11 is 6.00. The predicted molar refractivity (Wildman–Crippen MR) is 66.9 cm³/mol. The number of fused-ring (bicyclic) bond motifs is 1. The molecule has 2 N–H and O–H groups in total. The van der Waals surface area contributed by atoms with E-state index in [0.717, 1.165) is 17.0 Å². The van der Waals surface area contributed by atoms with Gasteiger partial charge in [0.05, 0.1) is 16.2 Å². The van der Waals surface area contributed by atoms with E-state index in [1.54, 1.807) is 0 Å². The highest BCUT2D eigenvalue weighted by molar-refractivity contribution is 6.30. The van der Waals surface area contributed by atoms with Gasteiger partial charge in [-0.1, -0.05) is 25.4 Å². The third-order valence-corrected chi connectivity index (χ3v) is 2.83. The Morgan fingerprint density at radius 2 is 2.00 bits per heavy atom. The zero-order valence-electron chi connectivity index (χ0n) is 9.74. The van der Waals surface area contributed by atoms with Crippen LogP contribution < -0.4 is 5.73 Å². The maximum absolute atomic E-state index is 6.00. The molecule has 2 aromatic heterocycles. The summed E-state index contributed by atoms with van der Waals surface area (Å²) in [5, 5.41) is 0.711. The topological polar surface area (TPSA) is 43.3 Å². The lowest BCUT2D eigenvalue weighted by atomic mass is 10.2. The number of imidazole rings is 1. The summed E-state index contributed by atoms with van der Waals surface area (Å²) in [5.41, 5.74) is 7.90. The summed E-state index contributed by atoms with van der Waals surface area (Å²) in [6, 6.07) is 3.78. The molecule has 0 fully saturated rings. The van der Waals surface area contributed by atoms with Gasteiger partial charge in [0.15, 0.2) is 0 Å². The Bertz CT molecular complexity index is 514. The fourth-order valence-electron chi connectivity index (χ4n) is 1.85. The van der Waals surface area contributed by atoms with Crippen LogP contribution in [0, 0.1) is 0 Å². The zero-order valence-corrected chi connectivity index (χ0v) is 10.5. The third-order valence-electron chi connectivity index (χ3n) is 2.60. The van der Waals surface area contributed by atoms with E-state index in [1.165, 1.54) is 0 Å². The second kappa shape index (κ2) is 4.07. The van der Waals surface area contributed by atoms with Crippen LogP contribution in [0.4, 0.5) is 0 Å². The minimum Gasteiger partial charge on any atom is -0.323 e. The highest BCUT2D eigenvalue weighted by Crippen LogP contribution is 2.24. The number of aromatic nitrogens is 2. The van der Waals surface area contributed by atoms with Gasteiger partial charge in [-0.25, -0.2) is 4.98 Å². The Balaban J connectivity index is 2.76. The molecular formula is C12H16ClN3. The maximum Gasteiger partial charge on any atom is 0.116 e. The fraction of sp³-hybridized carbons (Fsp3) is 0.417. The second-order valence-electron chi connectivity index (χ2n) is 4.40. The molecule has 86 valence electrons. The minimum absolute atomic E-state index is 0.0660. The molecule has 2 aromatic rings. The number of nitrogens with two attached hydrogens (primary N) is 1. The average molecular weight is 238 g/mol. The Morgan fingerprint density at radius 1 is 1.31 bits per heavy atom. The van der Waals surface area contributed by atoms with Gasteiger partial charge in [0.2, 0.25) is 0 Å². The van der Waals surface area contributed by atoms with Gasteiger partial charge < -0.3 is 10.1 Å². The van der Waals surface area contributed by atoms with Crippen molar-refractivity contribution in [2.75, 3.05) is 0 Å². The molecule has 2 rings (SSSR count). The Morgan fingerprint density at radius 3 is 2.56 bits per heavy atom. The van der Waals surface area contributed by atoms with Crippen LogP contribution in [0.15, 0.2) is 18.3 Å². The Hall–Kier alpha value is -1.06. The summed E-state index contributed by atoms with van der Waals surface area (Å²) < 4.78 is 2.03. The molecule has 1 unspecified atom stereocenters. The molecule has 0 aliphatic heterocycles. The highest BCUT2D eigenvalue weighted by Gasteiger charge is 2.15. The van der Waals surface area contributed by atoms with Gasteiger partial charge in [0, 0.05) is 18.2 Å². The van der Waals surface area contributed by atoms with Gasteiger partial charge in [0.1, 0.15) is 5.82 Å². The molecule has 0 aromatic carbocycles. The number of pyridine rings is 1. The lowest BCUT2D eigenvalue weighted by Crippen LogP contribution is -2.05. The summed E-state index contributed by atoms with van der Waals surface area (Å²) in [5.74, 6) is 1.35. The van der Waals surface area contributed by atoms with Crippen molar-refractivity contribution in [2.45, 2.75) is 32.7 Å². The number of nitrogens with zero attached hydrogens (tertiary/aromatic N) is 2. The average Bonchev–Trinajstić information content (AvgIpc) is 2.56. The van der Waals surface area contributed by atoms with Crippen LogP contribution in [-0.2, 0) is 0 Å². The number of hydrogen-bond acceptors (Lipinski definition) is 2. The van der Waals surface area contributed by atoms with Crippen LogP contribution in [0.1, 0.15) is 44.2 Å². The molecule has 0 saturated heterocycles. The van der Waals surface area contributed by atoms with E-state index < -0.39 is 0 Å². The van der Waals surface area contributed by atoms with Crippen LogP contribution in [0.25, 0.3) is 5.52 Å². The van der Waals surface area contributed by atoms with Crippen molar-refractivity contribution < 1.29 is 0 Å². The summed E-state index contributed by atoms with van der Waals surface area (Å²) in [6.07, 6.45) is 1.89. The maximum atomic E-state index is 6.00. The van der Waals surface area contributed by atoms with E-state index in [-0.39, 0.29) is 6.04 Å². The van der Waals surface area contributed by atoms with Crippen molar-refractivity contribution in [1.82, 2.24) is 9.38 Å². The Kier molecular flexibility index (Phi) is 2.91. The molecule has 0 saturated carbocycles. The number of rotatable bonds is 2. The van der Waals surface area contributed by atoms with E-state index in [4.69, 9.17) is 17.3 Å². The van der Waals surface area contributed by atoms with Crippen molar-refractivity contribution in [3.63, 3.8) is 0 Å². The minimum atomic E-state index is -0.0660. The molecule has 3 nitrogen and oxygen atoms in total. The first-order valence-electron chi connectivity index (χ1n) is 5.43. The summed E-state index contributed by atoms with van der Waals surface area (Å²) in [6.45, 7) is 6.17. The van der Waals surface area contributed by atoms with Crippen LogP contribution in [0.5, 0.6) is 0 Å². The molecule has 0 radical (unpaired) electrons. The summed E-state index contributed by atoms with van der Waals surface area (Å²) in [4.78, 5) is 4.61. The third kappa shape index (κ3) is 1.81. The summed E-state index contributed by atoms with van der Waals surface area (Å²) in [7, 11) is 0. The van der Waals surface area contributed by atoms with Gasteiger partial charge in [-0.2, -0.15) is 0 Å². The number of hydrogen-bond donors (Lipinski definition) is 1. The molecule has 0 spiro atoms. The molecule has 0 bridgehead atoms. The van der Waals surface area contributed by atoms with Gasteiger partial charge in [-0.05, 0) is 19.1 Å². The van der Waals surface area contributed by atoms with Gasteiger partial charge >= 0.3 is 0 Å². The quantitative estimate of drug-likeness (QED) is 0.872. The SMILES string of the molecule is CC(C)c1nc(C(C)N)c2ccc(Cl)cn12. The second-order valence-corrected chi connectivity index (χ2v) is 4.84. The molecule has 0 aliphatic rings. The first kappa shape index (κ1) is 11.4. The van der Waals surface area contributed by atoms with Crippen LogP contribution in [0.3, 0.4) is 0 Å². The largest absolute Gasteiger partial charge is 0.323 e. The van der Waals surface area contributed by atoms with Crippen LogP contribution in [-0.4, -0.2) is 9.38 Å². The van der Waals surface area contributed by atoms with Crippen molar-refractivity contribution in [2.24, 2.45) is 5.73 Å². The molecular weight excluding hydrogens is 222 g/mol. The lowest BCUT2D eigenvalue weighted by molar-refractivity contribution is 0.745. The van der Waals surface area contributed by atoms with Crippen LogP contribution >= 0.6 is 11.6 Å². The van der Waals surface area contributed by atoms with Crippen molar-refractivity contribution in [1.29, 1.82) is 0 Å². The van der Waals surface area contributed by atoms with E-state index in [0.29, 0.717) is 10.9 Å². The fourth-order valence-corrected chi connectivity index (χ4v) is 2.01. The lowest BCUT2D eigenvalue weighted by Gasteiger charge is -2.04. The first-order chi connectivity index (χ1) is 7.50. The standard InChI is InChI=1S/C12H16ClN3/c1-7(2)12-15-11(8(3)14)10-5-4-9(13)6-16(10)12/h4-8H,14H2,1-3H3. The molecule has 1 atom stereocenters.